The van der Waals surface area contributed by atoms with Crippen LogP contribution in [0, 0.1) is 13.8 Å². The number of hydrazone groups is 1. The van der Waals surface area contributed by atoms with E-state index in [2.05, 4.69) is 10.5 Å². The van der Waals surface area contributed by atoms with Crippen molar-refractivity contribution in [3.8, 4) is 11.5 Å². The number of carbonyl (C=O) groups is 1. The fraction of sp³-hybridized carbons (Fsp3) is 0.176. The Morgan fingerprint density at radius 2 is 2.04 bits per heavy atom. The number of phenolic OH excluding ortho intramolecular Hbond substituents is 1. The first-order valence-corrected chi connectivity index (χ1v) is 7.34. The Balaban J connectivity index is 1.86. The summed E-state index contributed by atoms with van der Waals surface area (Å²) in [4.78, 5) is 11.7. The maximum absolute atomic E-state index is 11.7. The van der Waals surface area contributed by atoms with E-state index in [-0.39, 0.29) is 12.4 Å². The van der Waals surface area contributed by atoms with Crippen LogP contribution in [-0.2, 0) is 4.79 Å². The SMILES string of the molecule is Cc1ccc(OCC(=O)NN=Cc2cc(Cl)ccc2O)cc1C. The van der Waals surface area contributed by atoms with Gasteiger partial charge in [0, 0.05) is 10.6 Å². The van der Waals surface area contributed by atoms with E-state index in [1.165, 1.54) is 18.3 Å². The molecular weight excluding hydrogens is 316 g/mol. The van der Waals surface area contributed by atoms with Crippen LogP contribution in [0.5, 0.6) is 11.5 Å². The molecule has 120 valence electrons. The molecule has 23 heavy (non-hydrogen) atoms. The summed E-state index contributed by atoms with van der Waals surface area (Å²) in [6, 6.07) is 10.2. The van der Waals surface area contributed by atoms with Gasteiger partial charge in [-0.25, -0.2) is 5.43 Å². The number of rotatable bonds is 5. The normalized spacial score (nSPS) is 10.7. The second-order valence-corrected chi connectivity index (χ2v) is 5.47. The molecule has 0 saturated heterocycles. The Bertz CT molecular complexity index is 745. The molecule has 0 saturated carbocycles. The fourth-order valence-electron chi connectivity index (χ4n) is 1.79. The summed E-state index contributed by atoms with van der Waals surface area (Å²) in [5.41, 5.74) is 4.99. The van der Waals surface area contributed by atoms with Gasteiger partial charge in [0.25, 0.3) is 5.91 Å². The highest BCUT2D eigenvalue weighted by Crippen LogP contribution is 2.19. The number of hydrogen-bond acceptors (Lipinski definition) is 4. The van der Waals surface area contributed by atoms with Gasteiger partial charge < -0.3 is 9.84 Å². The lowest BCUT2D eigenvalue weighted by Crippen LogP contribution is -2.24. The third-order valence-electron chi connectivity index (χ3n) is 3.23. The van der Waals surface area contributed by atoms with Crippen LogP contribution in [0.25, 0.3) is 0 Å². The summed E-state index contributed by atoms with van der Waals surface area (Å²) in [5.74, 6) is 0.250. The molecule has 0 unspecified atom stereocenters. The number of phenols is 1. The van der Waals surface area contributed by atoms with Gasteiger partial charge >= 0.3 is 0 Å². The standard InChI is InChI=1S/C17H17ClN2O3/c1-11-3-5-15(7-12(11)2)23-10-17(22)20-19-9-13-8-14(18)4-6-16(13)21/h3-9,21H,10H2,1-2H3,(H,20,22). The summed E-state index contributed by atoms with van der Waals surface area (Å²) < 4.78 is 5.39. The molecular formula is C17H17ClN2O3. The number of carbonyl (C=O) groups excluding carboxylic acids is 1. The van der Waals surface area contributed by atoms with Gasteiger partial charge in [0.2, 0.25) is 0 Å². The van der Waals surface area contributed by atoms with E-state index in [1.54, 1.807) is 6.07 Å². The quantitative estimate of drug-likeness (QED) is 0.652. The van der Waals surface area contributed by atoms with Crippen LogP contribution in [0.4, 0.5) is 0 Å². The molecule has 6 heteroatoms. The number of amides is 1. The second kappa shape index (κ2) is 7.65. The summed E-state index contributed by atoms with van der Waals surface area (Å²) in [6.07, 6.45) is 1.31. The maximum atomic E-state index is 11.7. The number of nitrogens with one attached hydrogen (secondary N) is 1. The van der Waals surface area contributed by atoms with Crippen LogP contribution >= 0.6 is 11.6 Å². The number of benzene rings is 2. The Morgan fingerprint density at radius 1 is 1.26 bits per heavy atom. The minimum atomic E-state index is -0.402. The monoisotopic (exact) mass is 332 g/mol. The third kappa shape index (κ3) is 5.00. The maximum Gasteiger partial charge on any atom is 0.277 e. The molecule has 2 rings (SSSR count). The average molecular weight is 333 g/mol. The van der Waals surface area contributed by atoms with Gasteiger partial charge in [-0.1, -0.05) is 17.7 Å². The Morgan fingerprint density at radius 3 is 2.78 bits per heavy atom. The Hall–Kier alpha value is -2.53. The first kappa shape index (κ1) is 16.8. The predicted octanol–water partition coefficient (Wildman–Crippen LogP) is 3.19. The summed E-state index contributed by atoms with van der Waals surface area (Å²) in [5, 5.41) is 13.8. The molecule has 0 aliphatic carbocycles. The molecule has 0 radical (unpaired) electrons. The van der Waals surface area contributed by atoms with E-state index in [0.717, 1.165) is 11.1 Å². The van der Waals surface area contributed by atoms with Crippen molar-refractivity contribution in [2.75, 3.05) is 6.61 Å². The topological polar surface area (TPSA) is 70.9 Å². The molecule has 0 bridgehead atoms. The molecule has 1 amide bonds. The number of halogens is 1. The van der Waals surface area contributed by atoms with E-state index in [9.17, 15) is 9.90 Å². The summed E-state index contributed by atoms with van der Waals surface area (Å²) in [6.45, 7) is 3.83. The highest BCUT2D eigenvalue weighted by atomic mass is 35.5. The van der Waals surface area contributed by atoms with E-state index >= 15 is 0 Å². The zero-order valence-corrected chi connectivity index (χ0v) is 13.6. The van der Waals surface area contributed by atoms with Crippen LogP contribution in [0.3, 0.4) is 0 Å². The minimum Gasteiger partial charge on any atom is -0.507 e. The van der Waals surface area contributed by atoms with E-state index in [1.807, 2.05) is 32.0 Å². The predicted molar refractivity (Wildman–Crippen MR) is 90.3 cm³/mol. The average Bonchev–Trinajstić information content (AvgIpc) is 2.52. The first-order chi connectivity index (χ1) is 11.0. The molecule has 0 fully saturated rings. The van der Waals surface area contributed by atoms with Crippen molar-refractivity contribution in [3.63, 3.8) is 0 Å². The Labute approximate surface area is 139 Å². The smallest absolute Gasteiger partial charge is 0.277 e. The zero-order valence-electron chi connectivity index (χ0n) is 12.8. The summed E-state index contributed by atoms with van der Waals surface area (Å²) >= 11 is 5.82. The lowest BCUT2D eigenvalue weighted by molar-refractivity contribution is -0.123. The van der Waals surface area contributed by atoms with E-state index in [0.29, 0.717) is 16.3 Å². The highest BCUT2D eigenvalue weighted by molar-refractivity contribution is 6.30. The number of aryl methyl sites for hydroxylation is 2. The van der Waals surface area contributed by atoms with E-state index < -0.39 is 5.91 Å². The number of ether oxygens (including phenoxy) is 1. The van der Waals surface area contributed by atoms with Gasteiger partial charge in [0.05, 0.1) is 6.21 Å². The van der Waals surface area contributed by atoms with Crippen molar-refractivity contribution < 1.29 is 14.6 Å². The lowest BCUT2D eigenvalue weighted by Gasteiger charge is -2.07. The van der Waals surface area contributed by atoms with Crippen molar-refractivity contribution in [1.82, 2.24) is 5.43 Å². The van der Waals surface area contributed by atoms with Crippen LogP contribution in [0.2, 0.25) is 5.02 Å². The van der Waals surface area contributed by atoms with Gasteiger partial charge in [-0.2, -0.15) is 5.10 Å². The first-order valence-electron chi connectivity index (χ1n) is 6.96. The van der Waals surface area contributed by atoms with Gasteiger partial charge in [-0.15, -0.1) is 0 Å². The molecule has 2 aromatic carbocycles. The summed E-state index contributed by atoms with van der Waals surface area (Å²) in [7, 11) is 0. The van der Waals surface area contributed by atoms with Crippen LogP contribution in [-0.4, -0.2) is 23.8 Å². The van der Waals surface area contributed by atoms with Gasteiger partial charge in [-0.05, 0) is 55.3 Å². The molecule has 0 atom stereocenters. The number of nitrogens with zero attached hydrogens (tertiary/aromatic N) is 1. The zero-order chi connectivity index (χ0) is 16.8. The van der Waals surface area contributed by atoms with Crippen molar-refractivity contribution >= 4 is 23.7 Å². The van der Waals surface area contributed by atoms with Crippen LogP contribution < -0.4 is 10.2 Å². The van der Waals surface area contributed by atoms with Gasteiger partial charge in [-0.3, -0.25) is 4.79 Å². The third-order valence-corrected chi connectivity index (χ3v) is 3.47. The second-order valence-electron chi connectivity index (χ2n) is 5.03. The molecule has 5 nitrogen and oxygen atoms in total. The van der Waals surface area contributed by atoms with Crippen molar-refractivity contribution in [2.45, 2.75) is 13.8 Å². The fourth-order valence-corrected chi connectivity index (χ4v) is 1.97. The van der Waals surface area contributed by atoms with Crippen molar-refractivity contribution in [3.05, 3.63) is 58.1 Å². The van der Waals surface area contributed by atoms with Crippen LogP contribution in [0.15, 0.2) is 41.5 Å². The molecule has 0 heterocycles. The van der Waals surface area contributed by atoms with Crippen molar-refractivity contribution in [2.24, 2.45) is 5.10 Å². The molecule has 2 N–H and O–H groups in total. The number of hydrogen-bond donors (Lipinski definition) is 2. The largest absolute Gasteiger partial charge is 0.507 e. The van der Waals surface area contributed by atoms with Gasteiger partial charge in [0.1, 0.15) is 11.5 Å². The van der Waals surface area contributed by atoms with Crippen molar-refractivity contribution in [1.29, 1.82) is 0 Å². The Kier molecular flexibility index (Phi) is 5.60. The molecule has 0 aliphatic rings. The number of aromatic hydroxyl groups is 1. The molecule has 0 spiro atoms. The van der Waals surface area contributed by atoms with E-state index in [4.69, 9.17) is 16.3 Å². The lowest BCUT2D eigenvalue weighted by atomic mass is 10.1. The van der Waals surface area contributed by atoms with Gasteiger partial charge in [0.15, 0.2) is 6.61 Å². The van der Waals surface area contributed by atoms with Crippen LogP contribution in [0.1, 0.15) is 16.7 Å². The highest BCUT2D eigenvalue weighted by Gasteiger charge is 2.03. The minimum absolute atomic E-state index is 0.0266. The molecule has 0 aromatic heterocycles. The molecule has 0 aliphatic heterocycles. The molecule has 2 aromatic rings.